The Balaban J connectivity index is 1.49. The molecule has 5 rings (SSSR count). The molecule has 1 N–H and O–H groups in total. The van der Waals surface area contributed by atoms with E-state index in [9.17, 15) is 9.18 Å². The zero-order chi connectivity index (χ0) is 22.1. The van der Waals surface area contributed by atoms with Crippen LogP contribution in [0.2, 0.25) is 0 Å². The molecule has 7 nitrogen and oxygen atoms in total. The minimum Gasteiger partial charge on any atom is -0.454 e. The predicted molar refractivity (Wildman–Crippen MR) is 117 cm³/mol. The first-order valence-electron chi connectivity index (χ1n) is 10.0. The molecule has 2 aromatic heterocycles. The van der Waals surface area contributed by atoms with Gasteiger partial charge in [-0.2, -0.15) is 5.10 Å². The molecule has 2 aromatic carbocycles. The number of hydrogen-bond donors (Lipinski definition) is 1. The van der Waals surface area contributed by atoms with Crippen molar-refractivity contribution in [3.8, 4) is 33.9 Å². The maximum atomic E-state index is 13.5. The van der Waals surface area contributed by atoms with Crippen LogP contribution in [0, 0.1) is 5.82 Å². The van der Waals surface area contributed by atoms with Crippen LogP contribution in [0.15, 0.2) is 67.0 Å². The lowest BCUT2D eigenvalue weighted by atomic mass is 10.0. The van der Waals surface area contributed by atoms with Crippen molar-refractivity contribution in [3.63, 3.8) is 0 Å². The Kier molecular flexibility index (Phi) is 5.03. The number of pyridine rings is 1. The van der Waals surface area contributed by atoms with Gasteiger partial charge >= 0.3 is 0 Å². The van der Waals surface area contributed by atoms with E-state index >= 15 is 0 Å². The van der Waals surface area contributed by atoms with E-state index in [4.69, 9.17) is 9.47 Å². The molecule has 1 aliphatic heterocycles. The molecule has 0 saturated heterocycles. The third-order valence-electron chi connectivity index (χ3n) is 5.19. The van der Waals surface area contributed by atoms with Gasteiger partial charge in [0.1, 0.15) is 17.3 Å². The molecule has 0 atom stereocenters. The number of halogens is 1. The highest BCUT2D eigenvalue weighted by atomic mass is 19.1. The van der Waals surface area contributed by atoms with E-state index < -0.39 is 0 Å². The molecule has 0 saturated carbocycles. The number of carbonyl (C=O) groups is 1. The number of nitrogens with zero attached hydrogens (tertiary/aromatic N) is 3. The number of rotatable bonds is 5. The summed E-state index contributed by atoms with van der Waals surface area (Å²) in [5.74, 6) is 1.32. The van der Waals surface area contributed by atoms with Gasteiger partial charge in [-0.05, 0) is 59.7 Å². The predicted octanol–water partition coefficient (Wildman–Crippen LogP) is 4.20. The van der Waals surface area contributed by atoms with Gasteiger partial charge in [-0.15, -0.1) is 0 Å². The van der Waals surface area contributed by atoms with E-state index in [2.05, 4.69) is 15.4 Å². The van der Waals surface area contributed by atoms with Crippen LogP contribution in [-0.2, 0) is 18.3 Å². The van der Waals surface area contributed by atoms with Crippen molar-refractivity contribution in [2.45, 2.75) is 6.42 Å². The second kappa shape index (κ2) is 8.14. The smallest absolute Gasteiger partial charge is 0.231 e. The highest BCUT2D eigenvalue weighted by Gasteiger charge is 2.22. The van der Waals surface area contributed by atoms with Crippen molar-refractivity contribution in [3.05, 3.63) is 78.4 Å². The van der Waals surface area contributed by atoms with Gasteiger partial charge in [0.05, 0.1) is 12.0 Å². The highest BCUT2D eigenvalue weighted by molar-refractivity contribution is 5.99. The molecular formula is C24H19FN4O3. The number of ether oxygens (including phenoxy) is 2. The van der Waals surface area contributed by atoms with E-state index in [1.54, 1.807) is 48.4 Å². The molecular weight excluding hydrogens is 411 g/mol. The summed E-state index contributed by atoms with van der Waals surface area (Å²) in [4.78, 5) is 17.0. The van der Waals surface area contributed by atoms with Crippen molar-refractivity contribution in [2.24, 2.45) is 7.05 Å². The van der Waals surface area contributed by atoms with Crippen molar-refractivity contribution in [1.29, 1.82) is 0 Å². The van der Waals surface area contributed by atoms with E-state index in [1.165, 1.54) is 12.1 Å². The number of anilines is 1. The zero-order valence-electron chi connectivity index (χ0n) is 17.2. The number of carbonyl (C=O) groups excluding carboxylic acids is 1. The van der Waals surface area contributed by atoms with Crippen molar-refractivity contribution < 1.29 is 18.7 Å². The molecule has 4 aromatic rings. The van der Waals surface area contributed by atoms with Crippen LogP contribution in [-0.4, -0.2) is 27.5 Å². The first-order chi connectivity index (χ1) is 15.6. The van der Waals surface area contributed by atoms with Crippen LogP contribution in [0.25, 0.3) is 22.4 Å². The molecule has 0 unspecified atom stereocenters. The lowest BCUT2D eigenvalue weighted by Crippen LogP contribution is -2.17. The minimum atomic E-state index is -0.326. The summed E-state index contributed by atoms with van der Waals surface area (Å²) < 4.78 is 25.8. The summed E-state index contributed by atoms with van der Waals surface area (Å²) in [5.41, 5.74) is 3.76. The Bertz CT molecular complexity index is 1290. The Morgan fingerprint density at radius 1 is 1.03 bits per heavy atom. The fourth-order valence-electron chi connectivity index (χ4n) is 3.68. The van der Waals surface area contributed by atoms with Crippen LogP contribution in [0.4, 0.5) is 10.2 Å². The standard InChI is InChI=1S/C24H19FN4O3/c1-29-24(27-21(30)13-15-2-7-19-20(12-15)32-14-31-19)22(16-8-10-26-11-9-16)23(28-29)17-3-5-18(25)6-4-17/h2-12H,13-14H2,1H3,(H,27,30). The number of aromatic nitrogens is 3. The minimum absolute atomic E-state index is 0.156. The van der Waals surface area contributed by atoms with E-state index in [0.717, 1.165) is 22.3 Å². The van der Waals surface area contributed by atoms with Gasteiger partial charge in [0.15, 0.2) is 11.5 Å². The molecule has 0 fully saturated rings. The van der Waals surface area contributed by atoms with Crippen LogP contribution in [0.3, 0.4) is 0 Å². The Morgan fingerprint density at radius 2 is 1.78 bits per heavy atom. The Hall–Kier alpha value is -4.20. The topological polar surface area (TPSA) is 78.3 Å². The first-order valence-corrected chi connectivity index (χ1v) is 10.0. The van der Waals surface area contributed by atoms with Gasteiger partial charge in [0, 0.05) is 25.0 Å². The highest BCUT2D eigenvalue weighted by Crippen LogP contribution is 2.37. The quantitative estimate of drug-likeness (QED) is 0.514. The number of aryl methyl sites for hydroxylation is 1. The van der Waals surface area contributed by atoms with E-state index in [-0.39, 0.29) is 24.9 Å². The van der Waals surface area contributed by atoms with Crippen LogP contribution in [0.1, 0.15) is 5.56 Å². The largest absolute Gasteiger partial charge is 0.454 e. The molecule has 1 aliphatic rings. The van der Waals surface area contributed by atoms with Crippen LogP contribution < -0.4 is 14.8 Å². The van der Waals surface area contributed by atoms with Crippen LogP contribution >= 0.6 is 0 Å². The zero-order valence-corrected chi connectivity index (χ0v) is 17.2. The molecule has 1 amide bonds. The van der Waals surface area contributed by atoms with Crippen LogP contribution in [0.5, 0.6) is 11.5 Å². The monoisotopic (exact) mass is 430 g/mol. The first kappa shape index (κ1) is 19.7. The fourth-order valence-corrected chi connectivity index (χ4v) is 3.68. The summed E-state index contributed by atoms with van der Waals surface area (Å²) in [5, 5.41) is 7.61. The number of amides is 1. The van der Waals surface area contributed by atoms with Crippen molar-refractivity contribution in [2.75, 3.05) is 12.1 Å². The normalized spacial score (nSPS) is 12.1. The number of nitrogens with one attached hydrogen (secondary N) is 1. The van der Waals surface area contributed by atoms with Crippen molar-refractivity contribution >= 4 is 11.7 Å². The fraction of sp³-hybridized carbons (Fsp3) is 0.125. The van der Waals surface area contributed by atoms with Gasteiger partial charge in [-0.25, -0.2) is 4.39 Å². The van der Waals surface area contributed by atoms with Gasteiger partial charge in [-0.1, -0.05) is 6.07 Å². The summed E-state index contributed by atoms with van der Waals surface area (Å²) >= 11 is 0. The number of fused-ring (bicyclic) bond motifs is 1. The summed E-state index contributed by atoms with van der Waals surface area (Å²) in [6.07, 6.45) is 3.51. The van der Waals surface area contributed by atoms with Gasteiger partial charge < -0.3 is 14.8 Å². The second-order valence-corrected chi connectivity index (χ2v) is 7.35. The van der Waals surface area contributed by atoms with Gasteiger partial charge in [0.2, 0.25) is 12.7 Å². The molecule has 8 heteroatoms. The molecule has 3 heterocycles. The maximum Gasteiger partial charge on any atom is 0.231 e. The summed E-state index contributed by atoms with van der Waals surface area (Å²) in [6.45, 7) is 0.182. The molecule has 32 heavy (non-hydrogen) atoms. The average molecular weight is 430 g/mol. The lowest BCUT2D eigenvalue weighted by Gasteiger charge is -2.10. The second-order valence-electron chi connectivity index (χ2n) is 7.35. The van der Waals surface area contributed by atoms with E-state index in [1.807, 2.05) is 18.2 Å². The molecule has 0 spiro atoms. The lowest BCUT2D eigenvalue weighted by molar-refractivity contribution is -0.115. The van der Waals surface area contributed by atoms with Crippen molar-refractivity contribution in [1.82, 2.24) is 14.8 Å². The van der Waals surface area contributed by atoms with Gasteiger partial charge in [-0.3, -0.25) is 14.5 Å². The third kappa shape index (κ3) is 3.78. The molecule has 0 bridgehead atoms. The SMILES string of the molecule is Cn1nc(-c2ccc(F)cc2)c(-c2ccncc2)c1NC(=O)Cc1ccc2c(c1)OCO2. The number of hydrogen-bond acceptors (Lipinski definition) is 5. The third-order valence-corrected chi connectivity index (χ3v) is 5.19. The molecule has 0 aliphatic carbocycles. The molecule has 160 valence electrons. The molecule has 0 radical (unpaired) electrons. The maximum absolute atomic E-state index is 13.5. The average Bonchev–Trinajstić information content (AvgIpc) is 3.39. The Labute approximate surface area is 183 Å². The van der Waals surface area contributed by atoms with Gasteiger partial charge in [0.25, 0.3) is 0 Å². The summed E-state index contributed by atoms with van der Waals surface area (Å²) in [6, 6.07) is 15.2. The Morgan fingerprint density at radius 3 is 2.56 bits per heavy atom. The van der Waals surface area contributed by atoms with E-state index in [0.29, 0.717) is 23.0 Å². The summed E-state index contributed by atoms with van der Waals surface area (Å²) in [7, 11) is 1.76. The number of benzene rings is 2.